The first-order valence-electron chi connectivity index (χ1n) is 8.14. The highest BCUT2D eigenvalue weighted by molar-refractivity contribution is 9.10. The second-order valence-electron chi connectivity index (χ2n) is 5.86. The third kappa shape index (κ3) is 6.07. The van der Waals surface area contributed by atoms with Crippen LogP contribution < -0.4 is 10.8 Å². The number of hydroxylamine groups is 1. The van der Waals surface area contributed by atoms with Gasteiger partial charge in [0, 0.05) is 22.2 Å². The van der Waals surface area contributed by atoms with E-state index in [1.165, 1.54) is 17.6 Å². The van der Waals surface area contributed by atoms with E-state index in [9.17, 15) is 19.1 Å². The van der Waals surface area contributed by atoms with Gasteiger partial charge in [-0.1, -0.05) is 35.0 Å². The summed E-state index contributed by atoms with van der Waals surface area (Å²) in [5.74, 6) is -2.73. The molecule has 2 rings (SSSR count). The van der Waals surface area contributed by atoms with Gasteiger partial charge in [0.05, 0.1) is 0 Å². The predicted molar refractivity (Wildman–Crippen MR) is 103 cm³/mol. The SMILES string of the molecule is C[C@H](/C=C/C(=O)NO)[C@@H](OC(=O)Nc1ccc(Br)cc1)c1ccc(O)c(F)c1. The van der Waals surface area contributed by atoms with Gasteiger partial charge in [0.1, 0.15) is 6.10 Å². The van der Waals surface area contributed by atoms with Crippen LogP contribution in [0.2, 0.25) is 0 Å². The Balaban J connectivity index is 2.22. The molecule has 28 heavy (non-hydrogen) atoms. The Kier molecular flexibility index (Phi) is 7.53. The number of amides is 2. The van der Waals surface area contributed by atoms with Gasteiger partial charge in [-0.15, -0.1) is 0 Å². The van der Waals surface area contributed by atoms with Crippen LogP contribution in [0.5, 0.6) is 5.75 Å². The number of halogens is 2. The highest BCUT2D eigenvalue weighted by atomic mass is 79.9. The van der Waals surface area contributed by atoms with Gasteiger partial charge in [-0.05, 0) is 42.0 Å². The average molecular weight is 453 g/mol. The number of carbonyl (C=O) groups excluding carboxylic acids is 2. The number of hydrogen-bond acceptors (Lipinski definition) is 5. The van der Waals surface area contributed by atoms with Gasteiger partial charge in [-0.3, -0.25) is 15.3 Å². The molecule has 2 aromatic carbocycles. The van der Waals surface area contributed by atoms with Crippen LogP contribution in [0.3, 0.4) is 0 Å². The van der Waals surface area contributed by atoms with Crippen molar-refractivity contribution in [2.45, 2.75) is 13.0 Å². The molecular formula is C19H18BrFN2O5. The number of benzene rings is 2. The van der Waals surface area contributed by atoms with Crippen molar-refractivity contribution in [1.82, 2.24) is 5.48 Å². The van der Waals surface area contributed by atoms with Crippen molar-refractivity contribution in [3.63, 3.8) is 0 Å². The molecule has 0 saturated heterocycles. The third-order valence-electron chi connectivity index (χ3n) is 3.76. The third-order valence-corrected chi connectivity index (χ3v) is 4.29. The van der Waals surface area contributed by atoms with Crippen LogP contribution in [0.15, 0.2) is 59.1 Å². The van der Waals surface area contributed by atoms with E-state index in [0.29, 0.717) is 5.69 Å². The Labute approximate surface area is 168 Å². The first-order valence-corrected chi connectivity index (χ1v) is 8.93. The molecular weight excluding hydrogens is 435 g/mol. The highest BCUT2D eigenvalue weighted by Gasteiger charge is 2.23. The number of aromatic hydroxyl groups is 1. The smallest absolute Gasteiger partial charge is 0.412 e. The molecule has 7 nitrogen and oxygen atoms in total. The molecule has 0 fully saturated rings. The topological polar surface area (TPSA) is 108 Å². The van der Waals surface area contributed by atoms with Crippen LogP contribution in [0.1, 0.15) is 18.6 Å². The first-order chi connectivity index (χ1) is 13.3. The second-order valence-corrected chi connectivity index (χ2v) is 6.78. The summed E-state index contributed by atoms with van der Waals surface area (Å²) >= 11 is 3.29. The van der Waals surface area contributed by atoms with Crippen LogP contribution in [-0.4, -0.2) is 22.3 Å². The van der Waals surface area contributed by atoms with Crippen LogP contribution in [-0.2, 0) is 9.53 Å². The first kappa shape index (κ1) is 21.4. The Morgan fingerprint density at radius 2 is 1.89 bits per heavy atom. The van der Waals surface area contributed by atoms with Crippen molar-refractivity contribution in [3.05, 3.63) is 70.5 Å². The fourth-order valence-corrected chi connectivity index (χ4v) is 2.62. The summed E-state index contributed by atoms with van der Waals surface area (Å²) in [5.41, 5.74) is 2.22. The molecule has 0 aliphatic rings. The number of phenols is 1. The molecule has 0 aliphatic heterocycles. The van der Waals surface area contributed by atoms with Gasteiger partial charge >= 0.3 is 6.09 Å². The molecule has 0 unspecified atom stereocenters. The lowest BCUT2D eigenvalue weighted by Crippen LogP contribution is -2.22. The fraction of sp³-hybridized carbons (Fsp3) is 0.158. The van der Waals surface area contributed by atoms with Crippen LogP contribution >= 0.6 is 15.9 Å². The zero-order valence-corrected chi connectivity index (χ0v) is 16.3. The summed E-state index contributed by atoms with van der Waals surface area (Å²) < 4.78 is 20.0. The molecule has 0 heterocycles. The molecule has 4 N–H and O–H groups in total. The lowest BCUT2D eigenvalue weighted by Gasteiger charge is -2.23. The molecule has 0 bridgehead atoms. The van der Waals surface area contributed by atoms with Crippen molar-refractivity contribution in [2.75, 3.05) is 5.32 Å². The summed E-state index contributed by atoms with van der Waals surface area (Å²) in [4.78, 5) is 23.5. The Morgan fingerprint density at radius 1 is 1.21 bits per heavy atom. The van der Waals surface area contributed by atoms with Gasteiger partial charge in [0.15, 0.2) is 11.6 Å². The molecule has 0 radical (unpaired) electrons. The van der Waals surface area contributed by atoms with Gasteiger partial charge < -0.3 is 9.84 Å². The van der Waals surface area contributed by atoms with Crippen molar-refractivity contribution < 1.29 is 29.0 Å². The minimum absolute atomic E-state index is 0.280. The maximum absolute atomic E-state index is 13.8. The van der Waals surface area contributed by atoms with Gasteiger partial charge in [-0.25, -0.2) is 14.7 Å². The van der Waals surface area contributed by atoms with Gasteiger partial charge in [0.2, 0.25) is 0 Å². The highest BCUT2D eigenvalue weighted by Crippen LogP contribution is 2.30. The molecule has 0 spiro atoms. The average Bonchev–Trinajstić information content (AvgIpc) is 2.68. The summed E-state index contributed by atoms with van der Waals surface area (Å²) in [6.07, 6.45) is 0.708. The number of hydrogen-bond donors (Lipinski definition) is 4. The standard InChI is InChI=1S/C19H18BrFN2O5/c1-11(2-9-17(25)23-27)18(12-3-8-16(24)15(21)10-12)28-19(26)22-14-6-4-13(20)5-7-14/h2-11,18,24,27H,1H3,(H,22,26)(H,23,25)/b9-2+/t11-,18-/m1/s1. The number of ether oxygens (including phenoxy) is 1. The van der Waals surface area contributed by atoms with Gasteiger partial charge in [0.25, 0.3) is 5.91 Å². The van der Waals surface area contributed by atoms with E-state index in [-0.39, 0.29) is 5.56 Å². The zero-order valence-electron chi connectivity index (χ0n) is 14.7. The second kappa shape index (κ2) is 9.86. The summed E-state index contributed by atoms with van der Waals surface area (Å²) in [7, 11) is 0. The van der Waals surface area contributed by atoms with E-state index in [2.05, 4.69) is 21.2 Å². The van der Waals surface area contributed by atoms with Crippen LogP contribution in [0.25, 0.3) is 0 Å². The molecule has 9 heteroatoms. The normalized spacial score (nSPS) is 13.0. The van der Waals surface area contributed by atoms with E-state index in [1.807, 2.05) is 0 Å². The largest absolute Gasteiger partial charge is 0.505 e. The number of nitrogens with one attached hydrogen (secondary N) is 2. The molecule has 2 amide bonds. The molecule has 0 aliphatic carbocycles. The van der Waals surface area contributed by atoms with Crippen molar-refractivity contribution in [3.8, 4) is 5.75 Å². The Hall–Kier alpha value is -2.91. The number of rotatable bonds is 6. The zero-order chi connectivity index (χ0) is 20.7. The van der Waals surface area contributed by atoms with Crippen molar-refractivity contribution >= 4 is 33.6 Å². The quantitative estimate of drug-likeness (QED) is 0.297. The van der Waals surface area contributed by atoms with E-state index >= 15 is 0 Å². The predicted octanol–water partition coefficient (Wildman–Crippen LogP) is 4.28. The molecule has 2 aromatic rings. The van der Waals surface area contributed by atoms with Crippen LogP contribution in [0.4, 0.5) is 14.9 Å². The summed E-state index contributed by atoms with van der Waals surface area (Å²) in [6.45, 7) is 1.64. The molecule has 148 valence electrons. The number of anilines is 1. The van der Waals surface area contributed by atoms with Crippen molar-refractivity contribution in [1.29, 1.82) is 0 Å². The maximum atomic E-state index is 13.8. The molecule has 0 aromatic heterocycles. The van der Waals surface area contributed by atoms with Gasteiger partial charge in [-0.2, -0.15) is 0 Å². The molecule has 0 saturated carbocycles. The van der Waals surface area contributed by atoms with E-state index < -0.39 is 35.6 Å². The Bertz CT molecular complexity index is 873. The minimum atomic E-state index is -0.965. The lowest BCUT2D eigenvalue weighted by atomic mass is 9.96. The summed E-state index contributed by atoms with van der Waals surface area (Å²) in [6, 6.07) is 10.4. The van der Waals surface area contributed by atoms with E-state index in [4.69, 9.17) is 9.94 Å². The fourth-order valence-electron chi connectivity index (χ4n) is 2.35. The monoisotopic (exact) mass is 452 g/mol. The summed E-state index contributed by atoms with van der Waals surface area (Å²) in [5, 5.41) is 20.5. The van der Waals surface area contributed by atoms with Crippen LogP contribution in [0, 0.1) is 11.7 Å². The lowest BCUT2D eigenvalue weighted by molar-refractivity contribution is -0.124. The Morgan fingerprint density at radius 3 is 2.50 bits per heavy atom. The van der Waals surface area contributed by atoms with E-state index in [1.54, 1.807) is 31.2 Å². The maximum Gasteiger partial charge on any atom is 0.412 e. The minimum Gasteiger partial charge on any atom is -0.505 e. The van der Waals surface area contributed by atoms with E-state index in [0.717, 1.165) is 22.7 Å². The van der Waals surface area contributed by atoms with Crippen molar-refractivity contribution in [2.24, 2.45) is 5.92 Å². The number of carbonyl (C=O) groups is 2. The molecule has 2 atom stereocenters. The number of phenolic OH excluding ortho intramolecular Hbond substituents is 1.